The Balaban J connectivity index is 2.59. The zero-order chi connectivity index (χ0) is 14.3. The summed E-state index contributed by atoms with van der Waals surface area (Å²) in [5.41, 5.74) is 0. The number of hydrogen-bond acceptors (Lipinski definition) is 4. The lowest BCUT2D eigenvalue weighted by Crippen LogP contribution is -2.39. The van der Waals surface area contributed by atoms with E-state index in [4.69, 9.17) is 12.2 Å². The molecule has 1 N–H and O–H groups in total. The number of urea groups is 1. The van der Waals surface area contributed by atoms with Gasteiger partial charge in [0.15, 0.2) is 10.3 Å². The van der Waals surface area contributed by atoms with Crippen molar-refractivity contribution < 1.29 is 4.79 Å². The second-order valence-corrected chi connectivity index (χ2v) is 6.49. The van der Waals surface area contributed by atoms with Gasteiger partial charge in [-0.15, -0.1) is 0 Å². The molecule has 0 aromatic rings. The summed E-state index contributed by atoms with van der Waals surface area (Å²) in [4.78, 5) is 18.1. The lowest BCUT2D eigenvalue weighted by Gasteiger charge is -2.19. The van der Waals surface area contributed by atoms with Crippen LogP contribution in [-0.4, -0.2) is 58.2 Å². The Morgan fingerprint density at radius 3 is 2.79 bits per heavy atom. The van der Waals surface area contributed by atoms with Crippen LogP contribution < -0.4 is 5.32 Å². The fourth-order valence-electron chi connectivity index (χ4n) is 1.40. The van der Waals surface area contributed by atoms with Crippen molar-refractivity contribution in [1.82, 2.24) is 14.5 Å². The Morgan fingerprint density at radius 1 is 1.42 bits per heavy atom. The lowest BCUT2D eigenvalue weighted by atomic mass is 10.2. The number of rotatable bonds is 0. The summed E-state index contributed by atoms with van der Waals surface area (Å²) >= 11 is 8.07. The number of carbonyl (C=O) groups is 1. The number of aliphatic imine (C=N–C) groups is 1. The standard InChI is InChI=1S/C11H20N4OS3/c1-14(2)11(17)13-9(18-3)12-10(16)15-7-5-4-6-8-19-15/h4-8H2,1-3H3,(H,12,13,16,17). The van der Waals surface area contributed by atoms with Crippen molar-refractivity contribution in [3.8, 4) is 0 Å². The van der Waals surface area contributed by atoms with Gasteiger partial charge in [-0.1, -0.05) is 18.2 Å². The molecule has 19 heavy (non-hydrogen) atoms. The third-order valence-corrected chi connectivity index (χ3v) is 4.63. The molecule has 0 atom stereocenters. The maximum Gasteiger partial charge on any atom is 0.333 e. The zero-order valence-electron chi connectivity index (χ0n) is 11.5. The highest BCUT2D eigenvalue weighted by Gasteiger charge is 2.17. The minimum absolute atomic E-state index is 0.110. The highest BCUT2D eigenvalue weighted by molar-refractivity contribution is 8.13. The van der Waals surface area contributed by atoms with Gasteiger partial charge in [0.25, 0.3) is 0 Å². The predicted molar refractivity (Wildman–Crippen MR) is 88.8 cm³/mol. The largest absolute Gasteiger partial charge is 0.354 e. The van der Waals surface area contributed by atoms with E-state index in [1.54, 1.807) is 21.2 Å². The molecule has 0 spiro atoms. The van der Waals surface area contributed by atoms with Crippen LogP contribution in [0.4, 0.5) is 4.79 Å². The van der Waals surface area contributed by atoms with Gasteiger partial charge in [0.1, 0.15) is 0 Å². The minimum Gasteiger partial charge on any atom is -0.354 e. The van der Waals surface area contributed by atoms with Crippen molar-refractivity contribution in [2.24, 2.45) is 4.99 Å². The molecular formula is C11H20N4OS3. The van der Waals surface area contributed by atoms with Gasteiger partial charge in [-0.25, -0.2) is 4.79 Å². The van der Waals surface area contributed by atoms with Crippen LogP contribution in [0, 0.1) is 0 Å². The second-order valence-electron chi connectivity index (χ2n) is 4.22. The molecule has 108 valence electrons. The van der Waals surface area contributed by atoms with Gasteiger partial charge in [0, 0.05) is 26.4 Å². The third kappa shape index (κ3) is 6.01. The number of amidine groups is 1. The van der Waals surface area contributed by atoms with E-state index in [9.17, 15) is 4.79 Å². The number of thiocarbonyl (C=S) groups is 1. The van der Waals surface area contributed by atoms with Crippen molar-refractivity contribution in [3.05, 3.63) is 0 Å². The van der Waals surface area contributed by atoms with Crippen LogP contribution in [0.25, 0.3) is 0 Å². The molecule has 0 aromatic heterocycles. The second kappa shape index (κ2) is 8.65. The monoisotopic (exact) mass is 320 g/mol. The first-order chi connectivity index (χ1) is 9.04. The summed E-state index contributed by atoms with van der Waals surface area (Å²) in [5, 5.41) is 3.80. The molecule has 8 heteroatoms. The summed E-state index contributed by atoms with van der Waals surface area (Å²) in [7, 11) is 3.66. The molecule has 0 aromatic carbocycles. The molecule has 1 aliphatic heterocycles. The Bertz CT molecular complexity index is 352. The quantitative estimate of drug-likeness (QED) is 0.321. The van der Waals surface area contributed by atoms with Crippen LogP contribution in [0.15, 0.2) is 4.99 Å². The van der Waals surface area contributed by atoms with E-state index in [1.165, 1.54) is 24.6 Å². The van der Waals surface area contributed by atoms with Gasteiger partial charge in [0.05, 0.1) is 0 Å². The van der Waals surface area contributed by atoms with Gasteiger partial charge < -0.3 is 4.90 Å². The maximum atomic E-state index is 12.1. The Morgan fingerprint density at radius 2 is 2.16 bits per heavy atom. The first-order valence-corrected chi connectivity index (χ1v) is 8.67. The Hall–Kier alpha value is -0.470. The predicted octanol–water partition coefficient (Wildman–Crippen LogP) is 2.40. The fourth-order valence-corrected chi connectivity index (χ4v) is 2.89. The Labute approximate surface area is 128 Å². The molecule has 0 radical (unpaired) electrons. The fraction of sp³-hybridized carbons (Fsp3) is 0.727. The van der Waals surface area contributed by atoms with Crippen LogP contribution >= 0.6 is 35.9 Å². The number of hydrogen-bond donors (Lipinski definition) is 1. The van der Waals surface area contributed by atoms with Crippen LogP contribution in [0.3, 0.4) is 0 Å². The van der Waals surface area contributed by atoms with Gasteiger partial charge in [-0.05, 0) is 43.3 Å². The molecular weight excluding hydrogens is 300 g/mol. The molecule has 2 amide bonds. The average Bonchev–Trinajstić information content (AvgIpc) is 2.66. The minimum atomic E-state index is -0.110. The van der Waals surface area contributed by atoms with Gasteiger partial charge in [-0.3, -0.25) is 9.62 Å². The molecule has 1 saturated heterocycles. The van der Waals surface area contributed by atoms with E-state index < -0.39 is 0 Å². The van der Waals surface area contributed by atoms with Crippen molar-refractivity contribution in [1.29, 1.82) is 0 Å². The first kappa shape index (κ1) is 16.6. The lowest BCUT2D eigenvalue weighted by molar-refractivity contribution is 0.231. The normalized spacial score (nSPS) is 16.8. The van der Waals surface area contributed by atoms with E-state index >= 15 is 0 Å². The van der Waals surface area contributed by atoms with Crippen LogP contribution in [0.5, 0.6) is 0 Å². The summed E-state index contributed by atoms with van der Waals surface area (Å²) in [6.45, 7) is 0.788. The van der Waals surface area contributed by atoms with Crippen molar-refractivity contribution in [3.63, 3.8) is 0 Å². The van der Waals surface area contributed by atoms with Crippen LogP contribution in [0.1, 0.15) is 19.3 Å². The summed E-state index contributed by atoms with van der Waals surface area (Å²) < 4.78 is 1.78. The molecule has 0 saturated carbocycles. The third-order valence-electron chi connectivity index (χ3n) is 2.47. The molecule has 0 bridgehead atoms. The van der Waals surface area contributed by atoms with Gasteiger partial charge in [0.2, 0.25) is 0 Å². The van der Waals surface area contributed by atoms with Crippen LogP contribution in [0.2, 0.25) is 0 Å². The van der Waals surface area contributed by atoms with E-state index in [-0.39, 0.29) is 6.03 Å². The van der Waals surface area contributed by atoms with Crippen LogP contribution in [-0.2, 0) is 0 Å². The SMILES string of the molecule is CSC(=NC(=S)N(C)C)NC(=O)N1CCCCCS1. The number of carbonyl (C=O) groups excluding carboxylic acids is 1. The topological polar surface area (TPSA) is 47.9 Å². The first-order valence-electron chi connectivity index (χ1n) is 6.10. The molecule has 1 rings (SSSR count). The van der Waals surface area contributed by atoms with Gasteiger partial charge in [-0.2, -0.15) is 4.99 Å². The molecule has 0 aliphatic carbocycles. The molecule has 0 unspecified atom stereocenters. The number of amides is 2. The summed E-state index contributed by atoms with van der Waals surface area (Å²) in [5.74, 6) is 0.995. The van der Waals surface area contributed by atoms with E-state index in [2.05, 4.69) is 10.3 Å². The van der Waals surface area contributed by atoms with E-state index in [1.807, 2.05) is 20.4 Å². The maximum absolute atomic E-state index is 12.1. The highest BCUT2D eigenvalue weighted by atomic mass is 32.2. The van der Waals surface area contributed by atoms with Crippen molar-refractivity contribution >= 4 is 52.2 Å². The van der Waals surface area contributed by atoms with Crippen molar-refractivity contribution in [2.45, 2.75) is 19.3 Å². The van der Waals surface area contributed by atoms with Crippen molar-refractivity contribution in [2.75, 3.05) is 32.6 Å². The summed E-state index contributed by atoms with van der Waals surface area (Å²) in [6, 6.07) is -0.110. The Kier molecular flexibility index (Phi) is 7.55. The number of thioether (sulfide) groups is 1. The average molecular weight is 321 g/mol. The molecule has 1 fully saturated rings. The smallest absolute Gasteiger partial charge is 0.333 e. The molecule has 5 nitrogen and oxygen atoms in total. The number of nitrogens with one attached hydrogen (secondary N) is 1. The molecule has 1 aliphatic rings. The highest BCUT2D eigenvalue weighted by Crippen LogP contribution is 2.19. The summed E-state index contributed by atoms with van der Waals surface area (Å²) in [6.07, 6.45) is 5.28. The molecule has 1 heterocycles. The van der Waals surface area contributed by atoms with E-state index in [0.717, 1.165) is 18.7 Å². The zero-order valence-corrected chi connectivity index (χ0v) is 14.0. The number of nitrogens with zero attached hydrogens (tertiary/aromatic N) is 3. The van der Waals surface area contributed by atoms with E-state index in [0.29, 0.717) is 10.3 Å². The van der Waals surface area contributed by atoms with Gasteiger partial charge >= 0.3 is 6.03 Å².